The van der Waals surface area contributed by atoms with E-state index in [1.807, 2.05) is 0 Å². The SMILES string of the molecule is CCC/C=C\CCCCCCCC(=O)OCC(COC(=O)CCCCCCCCCCCCCCCCCCCCCCCCCCCC)OC(=O)CCCCCCC/C=C\CCCCC. The molecule has 0 N–H and O–H groups in total. The van der Waals surface area contributed by atoms with E-state index in [2.05, 4.69) is 45.1 Å². The standard InChI is InChI=1S/C60H112O6/c1-4-7-10-13-16-19-22-24-25-26-27-28-29-30-31-32-33-34-35-36-37-39-41-44-47-50-53-59(62)65-56-57(55-64-58(61)52-49-46-43-40-21-18-15-12-9-6-3)66-60(63)54-51-48-45-42-38-23-20-17-14-11-8-5-2/h12,15,17,20,57H,4-11,13-14,16,18-19,21-56H2,1-3H3/b15-12-,20-17-. The summed E-state index contributed by atoms with van der Waals surface area (Å²) in [5.41, 5.74) is 0. The quantitative estimate of drug-likeness (QED) is 0.0262. The summed E-state index contributed by atoms with van der Waals surface area (Å²) in [7, 11) is 0. The maximum atomic E-state index is 12.8. The Hall–Kier alpha value is -2.11. The van der Waals surface area contributed by atoms with Gasteiger partial charge in [0.25, 0.3) is 0 Å². The lowest BCUT2D eigenvalue weighted by molar-refractivity contribution is -0.167. The van der Waals surface area contributed by atoms with Gasteiger partial charge >= 0.3 is 17.9 Å². The molecule has 6 heteroatoms. The number of carbonyl (C=O) groups excluding carboxylic acids is 3. The van der Waals surface area contributed by atoms with Crippen LogP contribution in [0.2, 0.25) is 0 Å². The molecule has 66 heavy (non-hydrogen) atoms. The predicted molar refractivity (Wildman–Crippen MR) is 284 cm³/mol. The average Bonchev–Trinajstić information content (AvgIpc) is 3.31. The van der Waals surface area contributed by atoms with Gasteiger partial charge in [-0.2, -0.15) is 0 Å². The average molecular weight is 930 g/mol. The number of unbranched alkanes of at least 4 members (excludes halogenated alkanes) is 39. The molecule has 0 aliphatic rings. The number of esters is 3. The maximum absolute atomic E-state index is 12.8. The highest BCUT2D eigenvalue weighted by Crippen LogP contribution is 2.17. The lowest BCUT2D eigenvalue weighted by Crippen LogP contribution is -2.30. The van der Waals surface area contributed by atoms with Gasteiger partial charge in [-0.25, -0.2) is 0 Å². The van der Waals surface area contributed by atoms with E-state index in [9.17, 15) is 14.4 Å². The molecule has 0 aromatic carbocycles. The van der Waals surface area contributed by atoms with E-state index >= 15 is 0 Å². The minimum atomic E-state index is -0.774. The molecule has 0 radical (unpaired) electrons. The van der Waals surface area contributed by atoms with Gasteiger partial charge in [-0.05, 0) is 64.2 Å². The van der Waals surface area contributed by atoms with Crippen molar-refractivity contribution in [1.29, 1.82) is 0 Å². The van der Waals surface area contributed by atoms with E-state index in [1.54, 1.807) is 0 Å². The van der Waals surface area contributed by atoms with Crippen molar-refractivity contribution in [1.82, 2.24) is 0 Å². The van der Waals surface area contributed by atoms with E-state index in [1.165, 1.54) is 205 Å². The largest absolute Gasteiger partial charge is 0.462 e. The molecule has 0 heterocycles. The summed E-state index contributed by atoms with van der Waals surface area (Å²) in [6.45, 7) is 6.58. The predicted octanol–water partition coefficient (Wildman–Crippen LogP) is 19.5. The van der Waals surface area contributed by atoms with Gasteiger partial charge in [-0.3, -0.25) is 14.4 Å². The molecule has 0 saturated carbocycles. The number of carbonyl (C=O) groups is 3. The molecule has 0 fully saturated rings. The van der Waals surface area contributed by atoms with Gasteiger partial charge in [-0.1, -0.05) is 263 Å². The first-order valence-corrected chi connectivity index (χ1v) is 29.3. The fourth-order valence-electron chi connectivity index (χ4n) is 8.74. The fourth-order valence-corrected chi connectivity index (χ4v) is 8.74. The lowest BCUT2D eigenvalue weighted by Gasteiger charge is -2.18. The Balaban J connectivity index is 4.10. The topological polar surface area (TPSA) is 78.9 Å². The van der Waals surface area contributed by atoms with Crippen LogP contribution < -0.4 is 0 Å². The molecular formula is C60H112O6. The third-order valence-electron chi connectivity index (χ3n) is 13.2. The first-order valence-electron chi connectivity index (χ1n) is 29.3. The van der Waals surface area contributed by atoms with Gasteiger partial charge in [0.05, 0.1) is 0 Å². The number of hydrogen-bond acceptors (Lipinski definition) is 6. The Kier molecular flexibility index (Phi) is 53.7. The van der Waals surface area contributed by atoms with Crippen LogP contribution in [-0.2, 0) is 28.6 Å². The van der Waals surface area contributed by atoms with Crippen molar-refractivity contribution in [3.8, 4) is 0 Å². The van der Waals surface area contributed by atoms with E-state index in [0.29, 0.717) is 19.3 Å². The zero-order valence-corrected chi connectivity index (χ0v) is 44.5. The maximum Gasteiger partial charge on any atom is 0.306 e. The van der Waals surface area contributed by atoms with Gasteiger partial charge in [0.1, 0.15) is 13.2 Å². The summed E-state index contributed by atoms with van der Waals surface area (Å²) in [6.07, 6.45) is 64.9. The van der Waals surface area contributed by atoms with E-state index in [-0.39, 0.29) is 31.1 Å². The first kappa shape index (κ1) is 63.9. The molecule has 0 aromatic rings. The normalized spacial score (nSPS) is 12.1. The molecule has 0 spiro atoms. The highest BCUT2D eigenvalue weighted by Gasteiger charge is 2.19. The van der Waals surface area contributed by atoms with Gasteiger partial charge in [-0.15, -0.1) is 0 Å². The number of rotatable bonds is 54. The smallest absolute Gasteiger partial charge is 0.306 e. The highest BCUT2D eigenvalue weighted by atomic mass is 16.6. The van der Waals surface area contributed by atoms with Crippen LogP contribution in [-0.4, -0.2) is 37.2 Å². The minimum absolute atomic E-state index is 0.0734. The summed E-state index contributed by atoms with van der Waals surface area (Å²) >= 11 is 0. The van der Waals surface area contributed by atoms with Crippen LogP contribution in [0.15, 0.2) is 24.3 Å². The van der Waals surface area contributed by atoms with Crippen molar-refractivity contribution in [2.45, 2.75) is 329 Å². The number of allylic oxidation sites excluding steroid dienone is 4. The third kappa shape index (κ3) is 52.9. The summed E-state index contributed by atoms with van der Waals surface area (Å²) in [5, 5.41) is 0. The van der Waals surface area contributed by atoms with Crippen molar-refractivity contribution in [3.63, 3.8) is 0 Å². The van der Waals surface area contributed by atoms with Gasteiger partial charge < -0.3 is 14.2 Å². The molecule has 0 bridgehead atoms. The van der Waals surface area contributed by atoms with E-state index in [0.717, 1.165) is 77.0 Å². The Bertz CT molecular complexity index is 1070. The third-order valence-corrected chi connectivity index (χ3v) is 13.2. The molecule has 0 aromatic heterocycles. The highest BCUT2D eigenvalue weighted by molar-refractivity contribution is 5.71. The molecule has 0 rings (SSSR count). The molecule has 0 saturated heterocycles. The van der Waals surface area contributed by atoms with Crippen LogP contribution in [0.3, 0.4) is 0 Å². The zero-order chi connectivity index (χ0) is 47.9. The molecule has 0 aliphatic heterocycles. The van der Waals surface area contributed by atoms with Crippen LogP contribution in [0, 0.1) is 0 Å². The van der Waals surface area contributed by atoms with Crippen LogP contribution in [0.25, 0.3) is 0 Å². The van der Waals surface area contributed by atoms with Gasteiger partial charge in [0, 0.05) is 19.3 Å². The molecule has 1 unspecified atom stereocenters. The van der Waals surface area contributed by atoms with E-state index < -0.39 is 6.10 Å². The van der Waals surface area contributed by atoms with Crippen molar-refractivity contribution in [3.05, 3.63) is 24.3 Å². The molecule has 388 valence electrons. The van der Waals surface area contributed by atoms with E-state index in [4.69, 9.17) is 14.2 Å². The first-order chi connectivity index (χ1) is 32.5. The summed E-state index contributed by atoms with van der Waals surface area (Å²) in [5.74, 6) is -0.878. The Morgan fingerprint density at radius 2 is 0.530 bits per heavy atom. The molecular weight excluding hydrogens is 817 g/mol. The van der Waals surface area contributed by atoms with Gasteiger partial charge in [0.2, 0.25) is 0 Å². The fraction of sp³-hybridized carbons (Fsp3) is 0.883. The minimum Gasteiger partial charge on any atom is -0.462 e. The second-order valence-electron chi connectivity index (χ2n) is 19.9. The second-order valence-corrected chi connectivity index (χ2v) is 19.9. The zero-order valence-electron chi connectivity index (χ0n) is 44.5. The summed E-state index contributed by atoms with van der Waals surface area (Å²) < 4.78 is 16.8. The van der Waals surface area contributed by atoms with Crippen molar-refractivity contribution in [2.75, 3.05) is 13.2 Å². The second kappa shape index (κ2) is 55.5. The summed E-state index contributed by atoms with van der Waals surface area (Å²) in [6, 6.07) is 0. The number of hydrogen-bond donors (Lipinski definition) is 0. The lowest BCUT2D eigenvalue weighted by atomic mass is 10.0. The molecule has 1 atom stereocenters. The van der Waals surface area contributed by atoms with Crippen molar-refractivity contribution >= 4 is 17.9 Å². The molecule has 0 aliphatic carbocycles. The van der Waals surface area contributed by atoms with Crippen molar-refractivity contribution < 1.29 is 28.6 Å². The Morgan fingerprint density at radius 3 is 0.848 bits per heavy atom. The van der Waals surface area contributed by atoms with Crippen LogP contribution in [0.5, 0.6) is 0 Å². The van der Waals surface area contributed by atoms with Gasteiger partial charge in [0.15, 0.2) is 6.10 Å². The Morgan fingerprint density at radius 1 is 0.288 bits per heavy atom. The summed E-state index contributed by atoms with van der Waals surface area (Å²) in [4.78, 5) is 38.0. The molecule has 6 nitrogen and oxygen atoms in total. The van der Waals surface area contributed by atoms with Crippen LogP contribution in [0.1, 0.15) is 323 Å². The van der Waals surface area contributed by atoms with Crippen LogP contribution in [0.4, 0.5) is 0 Å². The van der Waals surface area contributed by atoms with Crippen molar-refractivity contribution in [2.24, 2.45) is 0 Å². The van der Waals surface area contributed by atoms with Crippen LogP contribution >= 0.6 is 0 Å². The number of ether oxygens (including phenoxy) is 3. The molecule has 0 amide bonds. The Labute approximate surface area is 411 Å². The monoisotopic (exact) mass is 929 g/mol.